The summed E-state index contributed by atoms with van der Waals surface area (Å²) < 4.78 is 38.0. The third-order valence-corrected chi connectivity index (χ3v) is 5.90. The van der Waals surface area contributed by atoms with Crippen molar-refractivity contribution in [3.05, 3.63) is 59.7 Å². The van der Waals surface area contributed by atoms with Gasteiger partial charge in [-0.3, -0.25) is 0 Å². The highest BCUT2D eigenvalue weighted by molar-refractivity contribution is 5.92. The molecule has 2 aliphatic carbocycles. The van der Waals surface area contributed by atoms with Gasteiger partial charge in [0.25, 0.3) is 0 Å². The number of anilines is 2. The Labute approximate surface area is 177 Å². The van der Waals surface area contributed by atoms with Gasteiger partial charge in [0.1, 0.15) is 0 Å². The molecule has 0 spiro atoms. The number of carbonyl (C=O) groups excluding carboxylic acids is 2. The number of nitrogens with one attached hydrogen (secondary N) is 4. The zero-order valence-corrected chi connectivity index (χ0v) is 16.9. The lowest BCUT2D eigenvalue weighted by Gasteiger charge is -2.29. The molecule has 4 amide bonds. The maximum absolute atomic E-state index is 12.7. The molecule has 31 heavy (non-hydrogen) atoms. The molecule has 0 radical (unpaired) electrons. The minimum atomic E-state index is -4.43. The molecule has 2 aromatic carbocycles. The second kappa shape index (κ2) is 7.47. The largest absolute Gasteiger partial charge is 0.416 e. The standard InChI is InChI=1S/C22H23F3N4O2/c1-14-2-6-16(7-3-14)26-18(30)28-20(10-11-20)21(12-13-21)29-19(31)27-17-8-4-15(5-9-17)22(23,24)25/h2-9H,10-13H2,1H3,(H2,26,28,30)(H2,27,29,31). The van der Waals surface area contributed by atoms with Crippen LogP contribution >= 0.6 is 0 Å². The van der Waals surface area contributed by atoms with Crippen molar-refractivity contribution in [3.63, 3.8) is 0 Å². The Balaban J connectivity index is 1.34. The lowest BCUT2D eigenvalue weighted by atomic mass is 10.0. The van der Waals surface area contributed by atoms with Crippen molar-refractivity contribution in [2.24, 2.45) is 0 Å². The first-order valence-corrected chi connectivity index (χ1v) is 10.0. The molecule has 4 N–H and O–H groups in total. The average molecular weight is 432 g/mol. The minimum absolute atomic E-state index is 0.260. The number of amides is 4. The SMILES string of the molecule is Cc1ccc(NC(=O)NC2(C3(NC(=O)Nc4ccc(C(F)(F)F)cc4)CC3)CC2)cc1. The number of carbonyl (C=O) groups is 2. The number of halogens is 3. The number of hydrogen-bond acceptors (Lipinski definition) is 2. The van der Waals surface area contributed by atoms with Crippen LogP contribution < -0.4 is 21.3 Å². The molecule has 2 aliphatic rings. The quantitative estimate of drug-likeness (QED) is 0.535. The zero-order valence-electron chi connectivity index (χ0n) is 16.9. The van der Waals surface area contributed by atoms with E-state index in [1.807, 2.05) is 31.2 Å². The first-order valence-electron chi connectivity index (χ1n) is 10.0. The van der Waals surface area contributed by atoms with Gasteiger partial charge in [0, 0.05) is 11.4 Å². The summed E-state index contributed by atoms with van der Waals surface area (Å²) in [5.41, 5.74) is 0.183. The Morgan fingerprint density at radius 2 is 1.13 bits per heavy atom. The molecule has 9 heteroatoms. The van der Waals surface area contributed by atoms with Gasteiger partial charge in [-0.15, -0.1) is 0 Å². The summed E-state index contributed by atoms with van der Waals surface area (Å²) in [6.45, 7) is 1.96. The third kappa shape index (κ3) is 4.60. The van der Waals surface area contributed by atoms with Crippen molar-refractivity contribution in [1.82, 2.24) is 10.6 Å². The molecule has 2 aromatic rings. The van der Waals surface area contributed by atoms with Crippen LogP contribution in [0.2, 0.25) is 0 Å². The van der Waals surface area contributed by atoms with Crippen LogP contribution in [-0.2, 0) is 6.18 Å². The van der Waals surface area contributed by atoms with Crippen LogP contribution in [0.3, 0.4) is 0 Å². The highest BCUT2D eigenvalue weighted by Gasteiger charge is 2.67. The van der Waals surface area contributed by atoms with Gasteiger partial charge in [0.2, 0.25) is 0 Å². The maximum Gasteiger partial charge on any atom is 0.416 e. The van der Waals surface area contributed by atoms with Crippen LogP contribution in [0.4, 0.5) is 34.1 Å². The van der Waals surface area contributed by atoms with Crippen molar-refractivity contribution in [1.29, 1.82) is 0 Å². The number of urea groups is 2. The molecule has 2 saturated carbocycles. The molecule has 164 valence electrons. The average Bonchev–Trinajstić information content (AvgIpc) is 3.61. The number of benzene rings is 2. The molecule has 4 rings (SSSR count). The summed E-state index contributed by atoms with van der Waals surface area (Å²) in [5.74, 6) is 0. The highest BCUT2D eigenvalue weighted by Crippen LogP contribution is 2.57. The van der Waals surface area contributed by atoms with Gasteiger partial charge in [0.05, 0.1) is 16.6 Å². The number of alkyl halides is 3. The van der Waals surface area contributed by atoms with Crippen LogP contribution in [0.1, 0.15) is 36.8 Å². The number of rotatable bonds is 5. The summed E-state index contributed by atoms with van der Waals surface area (Å²) in [5, 5.41) is 11.3. The fourth-order valence-corrected chi connectivity index (χ4v) is 3.84. The molecule has 0 saturated heterocycles. The van der Waals surface area contributed by atoms with Crippen LogP contribution in [0.5, 0.6) is 0 Å². The van der Waals surface area contributed by atoms with Crippen LogP contribution in [-0.4, -0.2) is 23.1 Å². The van der Waals surface area contributed by atoms with Gasteiger partial charge in [-0.05, 0) is 69.0 Å². The molecule has 0 heterocycles. The van der Waals surface area contributed by atoms with Gasteiger partial charge in [0.15, 0.2) is 0 Å². The predicted octanol–water partition coefficient (Wildman–Crippen LogP) is 5.02. The monoisotopic (exact) mass is 432 g/mol. The maximum atomic E-state index is 12.7. The van der Waals surface area contributed by atoms with E-state index in [0.29, 0.717) is 5.69 Å². The third-order valence-electron chi connectivity index (χ3n) is 5.90. The van der Waals surface area contributed by atoms with Gasteiger partial charge < -0.3 is 21.3 Å². The molecular weight excluding hydrogens is 409 g/mol. The van der Waals surface area contributed by atoms with E-state index in [9.17, 15) is 22.8 Å². The fourth-order valence-electron chi connectivity index (χ4n) is 3.84. The van der Waals surface area contributed by atoms with Gasteiger partial charge in [-0.1, -0.05) is 17.7 Å². The van der Waals surface area contributed by atoms with Gasteiger partial charge in [-0.2, -0.15) is 13.2 Å². The highest BCUT2D eigenvalue weighted by atomic mass is 19.4. The van der Waals surface area contributed by atoms with E-state index in [1.54, 1.807) is 0 Å². The molecule has 0 aromatic heterocycles. The Hall–Kier alpha value is -3.23. The summed E-state index contributed by atoms with van der Waals surface area (Å²) in [6, 6.07) is 10.8. The minimum Gasteiger partial charge on any atom is -0.330 e. The van der Waals surface area contributed by atoms with Gasteiger partial charge in [-0.25, -0.2) is 9.59 Å². The predicted molar refractivity (Wildman–Crippen MR) is 111 cm³/mol. The van der Waals surface area contributed by atoms with E-state index < -0.39 is 28.8 Å². The zero-order chi connectivity index (χ0) is 22.3. The fraction of sp³-hybridized carbons (Fsp3) is 0.364. The summed E-state index contributed by atoms with van der Waals surface area (Å²) in [6.07, 6.45) is -1.50. The molecule has 0 aliphatic heterocycles. The smallest absolute Gasteiger partial charge is 0.330 e. The topological polar surface area (TPSA) is 82.3 Å². The molecular formula is C22H23F3N4O2. The lowest BCUT2D eigenvalue weighted by molar-refractivity contribution is -0.137. The van der Waals surface area contributed by atoms with Crippen molar-refractivity contribution < 1.29 is 22.8 Å². The Morgan fingerprint density at radius 3 is 1.48 bits per heavy atom. The van der Waals surface area contributed by atoms with Gasteiger partial charge >= 0.3 is 18.2 Å². The van der Waals surface area contributed by atoms with E-state index >= 15 is 0 Å². The second-order valence-electron chi connectivity index (χ2n) is 8.26. The van der Waals surface area contributed by atoms with E-state index in [2.05, 4.69) is 21.3 Å². The Kier molecular flexibility index (Phi) is 5.07. The van der Waals surface area contributed by atoms with E-state index in [4.69, 9.17) is 0 Å². The molecule has 6 nitrogen and oxygen atoms in total. The number of aryl methyl sites for hydroxylation is 1. The molecule has 2 fully saturated rings. The van der Waals surface area contributed by atoms with Crippen LogP contribution in [0.15, 0.2) is 48.5 Å². The Morgan fingerprint density at radius 1 is 0.742 bits per heavy atom. The van der Waals surface area contributed by atoms with Crippen molar-refractivity contribution >= 4 is 23.4 Å². The van der Waals surface area contributed by atoms with Crippen molar-refractivity contribution in [2.45, 2.75) is 49.9 Å². The summed E-state index contributed by atoms with van der Waals surface area (Å²) in [7, 11) is 0. The van der Waals surface area contributed by atoms with Crippen LogP contribution in [0, 0.1) is 6.92 Å². The first-order chi connectivity index (χ1) is 14.6. The first kappa shape index (κ1) is 21.0. The second-order valence-corrected chi connectivity index (χ2v) is 8.26. The molecule has 0 bridgehead atoms. The summed E-state index contributed by atoms with van der Waals surface area (Å²) in [4.78, 5) is 24.9. The summed E-state index contributed by atoms with van der Waals surface area (Å²) >= 11 is 0. The van der Waals surface area contributed by atoms with Crippen LogP contribution in [0.25, 0.3) is 0 Å². The molecule has 0 atom stereocenters. The van der Waals surface area contributed by atoms with Crippen molar-refractivity contribution in [2.75, 3.05) is 10.6 Å². The normalized spacial score (nSPS) is 17.9. The Bertz CT molecular complexity index is 979. The van der Waals surface area contributed by atoms with E-state index in [0.717, 1.165) is 43.4 Å². The van der Waals surface area contributed by atoms with E-state index in [-0.39, 0.29) is 11.7 Å². The van der Waals surface area contributed by atoms with Crippen molar-refractivity contribution in [3.8, 4) is 0 Å². The molecule has 0 unspecified atom stereocenters. The number of hydrogen-bond donors (Lipinski definition) is 4. The lowest BCUT2D eigenvalue weighted by Crippen LogP contribution is -2.57. The van der Waals surface area contributed by atoms with E-state index in [1.165, 1.54) is 12.1 Å².